The lowest BCUT2D eigenvalue weighted by atomic mass is 10.0. The van der Waals surface area contributed by atoms with E-state index < -0.39 is 0 Å². The fraction of sp³-hybridized carbons (Fsp3) is 0.235. The van der Waals surface area contributed by atoms with Crippen LogP contribution in [0.15, 0.2) is 54.6 Å². The molecule has 2 aromatic rings. The third-order valence-electron chi connectivity index (χ3n) is 3.14. The number of aliphatic hydroxyl groups excluding tert-OH is 1. The topological polar surface area (TPSA) is 49.3 Å². The number of amides is 1. The molecule has 3 nitrogen and oxygen atoms in total. The smallest absolute Gasteiger partial charge is 0.220 e. The van der Waals surface area contributed by atoms with Crippen molar-refractivity contribution in [3.05, 3.63) is 60.2 Å². The van der Waals surface area contributed by atoms with E-state index in [0.717, 1.165) is 5.56 Å². The van der Waals surface area contributed by atoms with E-state index in [0.29, 0.717) is 19.4 Å². The number of rotatable bonds is 6. The molecule has 0 unspecified atom stereocenters. The maximum absolute atomic E-state index is 11.4. The van der Waals surface area contributed by atoms with E-state index in [4.69, 9.17) is 5.11 Å². The van der Waals surface area contributed by atoms with Gasteiger partial charge in [0.2, 0.25) is 5.91 Å². The second-order valence-corrected chi connectivity index (χ2v) is 4.64. The summed E-state index contributed by atoms with van der Waals surface area (Å²) in [4.78, 5) is 11.4. The van der Waals surface area contributed by atoms with Crippen molar-refractivity contribution in [3.8, 4) is 11.1 Å². The van der Waals surface area contributed by atoms with Crippen LogP contribution in [0.5, 0.6) is 0 Å². The molecule has 0 aromatic heterocycles. The molecule has 0 radical (unpaired) electrons. The van der Waals surface area contributed by atoms with Crippen molar-refractivity contribution in [2.45, 2.75) is 12.8 Å². The third kappa shape index (κ3) is 4.21. The molecule has 3 heteroatoms. The largest absolute Gasteiger partial charge is 0.395 e. The Balaban J connectivity index is 1.90. The number of benzene rings is 2. The molecule has 0 saturated carbocycles. The molecular formula is C17H19NO2. The first-order valence-electron chi connectivity index (χ1n) is 6.81. The van der Waals surface area contributed by atoms with E-state index in [1.165, 1.54) is 11.1 Å². The first-order valence-corrected chi connectivity index (χ1v) is 6.81. The van der Waals surface area contributed by atoms with Crippen LogP contribution in [0.1, 0.15) is 12.0 Å². The molecule has 0 heterocycles. The van der Waals surface area contributed by atoms with E-state index >= 15 is 0 Å². The SMILES string of the molecule is O=C(CCc1ccc(-c2ccccc2)cc1)NCCO. The number of hydrogen-bond donors (Lipinski definition) is 2. The molecule has 2 N–H and O–H groups in total. The second kappa shape index (κ2) is 7.46. The van der Waals surface area contributed by atoms with Crippen molar-refractivity contribution in [3.63, 3.8) is 0 Å². The summed E-state index contributed by atoms with van der Waals surface area (Å²) in [5, 5.41) is 11.3. The molecule has 0 bridgehead atoms. The average molecular weight is 269 g/mol. The Labute approximate surface area is 119 Å². The predicted octanol–water partition coefficient (Wildman–Crippen LogP) is 2.39. The van der Waals surface area contributed by atoms with Gasteiger partial charge in [0.15, 0.2) is 0 Å². The van der Waals surface area contributed by atoms with Crippen LogP contribution in [-0.4, -0.2) is 24.2 Å². The van der Waals surface area contributed by atoms with Crippen LogP contribution in [0.25, 0.3) is 11.1 Å². The second-order valence-electron chi connectivity index (χ2n) is 4.64. The molecule has 0 spiro atoms. The van der Waals surface area contributed by atoms with Crippen molar-refractivity contribution in [2.75, 3.05) is 13.2 Å². The molecule has 104 valence electrons. The minimum absolute atomic E-state index is 0.0164. The van der Waals surface area contributed by atoms with Gasteiger partial charge in [0.25, 0.3) is 0 Å². The Bertz CT molecular complexity index is 535. The van der Waals surface area contributed by atoms with Gasteiger partial charge in [-0.05, 0) is 23.1 Å². The van der Waals surface area contributed by atoms with Crippen molar-refractivity contribution in [1.82, 2.24) is 5.32 Å². The highest BCUT2D eigenvalue weighted by molar-refractivity contribution is 5.76. The zero-order valence-electron chi connectivity index (χ0n) is 11.4. The van der Waals surface area contributed by atoms with E-state index in [9.17, 15) is 4.79 Å². The van der Waals surface area contributed by atoms with Gasteiger partial charge >= 0.3 is 0 Å². The van der Waals surface area contributed by atoms with Gasteiger partial charge in [-0.1, -0.05) is 54.6 Å². The van der Waals surface area contributed by atoms with Crippen molar-refractivity contribution in [1.29, 1.82) is 0 Å². The molecule has 0 fully saturated rings. The predicted molar refractivity (Wildman–Crippen MR) is 80.3 cm³/mol. The van der Waals surface area contributed by atoms with Gasteiger partial charge in [-0.2, -0.15) is 0 Å². The minimum Gasteiger partial charge on any atom is -0.395 e. The quantitative estimate of drug-likeness (QED) is 0.846. The number of carbonyl (C=O) groups is 1. The summed E-state index contributed by atoms with van der Waals surface area (Å²) >= 11 is 0. The highest BCUT2D eigenvalue weighted by Crippen LogP contribution is 2.19. The molecular weight excluding hydrogens is 250 g/mol. The summed E-state index contributed by atoms with van der Waals surface area (Å²) in [5.74, 6) is -0.0221. The van der Waals surface area contributed by atoms with E-state index in [-0.39, 0.29) is 12.5 Å². The van der Waals surface area contributed by atoms with Crippen molar-refractivity contribution >= 4 is 5.91 Å². The molecule has 0 aliphatic rings. The molecule has 20 heavy (non-hydrogen) atoms. The average Bonchev–Trinajstić information content (AvgIpc) is 2.52. The standard InChI is InChI=1S/C17H19NO2/c19-13-12-18-17(20)11-8-14-6-9-16(10-7-14)15-4-2-1-3-5-15/h1-7,9-10,19H,8,11-13H2,(H,18,20). The van der Waals surface area contributed by atoms with Crippen molar-refractivity contribution in [2.24, 2.45) is 0 Å². The fourth-order valence-corrected chi connectivity index (χ4v) is 2.04. The fourth-order valence-electron chi connectivity index (χ4n) is 2.04. The van der Waals surface area contributed by atoms with Crippen LogP contribution in [0, 0.1) is 0 Å². The lowest BCUT2D eigenvalue weighted by molar-refractivity contribution is -0.121. The molecule has 0 aliphatic carbocycles. The lowest BCUT2D eigenvalue weighted by Crippen LogP contribution is -2.26. The Morgan fingerprint density at radius 1 is 0.950 bits per heavy atom. The van der Waals surface area contributed by atoms with Gasteiger partial charge in [0.05, 0.1) is 6.61 Å². The van der Waals surface area contributed by atoms with Crippen LogP contribution in [-0.2, 0) is 11.2 Å². The zero-order valence-corrected chi connectivity index (χ0v) is 11.4. The maximum Gasteiger partial charge on any atom is 0.220 e. The minimum atomic E-state index is -0.0221. The van der Waals surface area contributed by atoms with Gasteiger partial charge in [-0.15, -0.1) is 0 Å². The molecule has 0 atom stereocenters. The summed E-state index contributed by atoms with van der Waals surface area (Å²) in [5.41, 5.74) is 3.52. The number of hydrogen-bond acceptors (Lipinski definition) is 2. The third-order valence-corrected chi connectivity index (χ3v) is 3.14. The Kier molecular flexibility index (Phi) is 5.33. The zero-order chi connectivity index (χ0) is 14.2. The van der Waals surface area contributed by atoms with E-state index in [2.05, 4.69) is 41.7 Å². The Morgan fingerprint density at radius 2 is 1.60 bits per heavy atom. The van der Waals surface area contributed by atoms with Gasteiger partial charge in [-0.3, -0.25) is 4.79 Å². The monoisotopic (exact) mass is 269 g/mol. The van der Waals surface area contributed by atoms with Gasteiger partial charge in [0.1, 0.15) is 0 Å². The van der Waals surface area contributed by atoms with Crippen LogP contribution in [0.3, 0.4) is 0 Å². The van der Waals surface area contributed by atoms with Gasteiger partial charge in [-0.25, -0.2) is 0 Å². The van der Waals surface area contributed by atoms with E-state index in [1.807, 2.05) is 18.2 Å². The highest BCUT2D eigenvalue weighted by Gasteiger charge is 2.02. The normalized spacial score (nSPS) is 10.2. The summed E-state index contributed by atoms with van der Waals surface area (Å²) in [6, 6.07) is 18.5. The summed E-state index contributed by atoms with van der Waals surface area (Å²) in [6.45, 7) is 0.309. The number of carbonyl (C=O) groups excluding carboxylic acids is 1. The first kappa shape index (κ1) is 14.3. The van der Waals surface area contributed by atoms with E-state index in [1.54, 1.807) is 0 Å². The Morgan fingerprint density at radius 3 is 2.25 bits per heavy atom. The molecule has 1 amide bonds. The Hall–Kier alpha value is -2.13. The number of nitrogens with one attached hydrogen (secondary N) is 1. The molecule has 0 aliphatic heterocycles. The summed E-state index contributed by atoms with van der Waals surface area (Å²) in [6.07, 6.45) is 1.16. The molecule has 2 aromatic carbocycles. The summed E-state index contributed by atoms with van der Waals surface area (Å²) < 4.78 is 0. The van der Waals surface area contributed by atoms with Crippen LogP contribution in [0.4, 0.5) is 0 Å². The number of aryl methyl sites for hydroxylation is 1. The van der Waals surface area contributed by atoms with Crippen LogP contribution >= 0.6 is 0 Å². The van der Waals surface area contributed by atoms with Crippen molar-refractivity contribution < 1.29 is 9.90 Å². The highest BCUT2D eigenvalue weighted by atomic mass is 16.3. The molecule has 0 saturated heterocycles. The van der Waals surface area contributed by atoms with Crippen LogP contribution < -0.4 is 5.32 Å². The maximum atomic E-state index is 11.4. The van der Waals surface area contributed by atoms with Gasteiger partial charge in [0, 0.05) is 13.0 Å². The van der Waals surface area contributed by atoms with Crippen LogP contribution in [0.2, 0.25) is 0 Å². The molecule has 2 rings (SSSR count). The lowest BCUT2D eigenvalue weighted by Gasteiger charge is -2.05. The first-order chi connectivity index (χ1) is 9.79. The number of aliphatic hydroxyl groups is 1. The van der Waals surface area contributed by atoms with Gasteiger partial charge < -0.3 is 10.4 Å². The summed E-state index contributed by atoms with van der Waals surface area (Å²) in [7, 11) is 0.